The van der Waals surface area contributed by atoms with Crippen LogP contribution in [0.2, 0.25) is 0 Å². The van der Waals surface area contributed by atoms with Crippen molar-refractivity contribution >= 4 is 44.8 Å². The molecule has 2 aromatic rings. The monoisotopic (exact) mass is 383 g/mol. The second-order valence-electron chi connectivity index (χ2n) is 6.01. The van der Waals surface area contributed by atoms with Crippen molar-refractivity contribution in [1.29, 1.82) is 0 Å². The highest BCUT2D eigenvalue weighted by molar-refractivity contribution is 7.89. The molecule has 8 heteroatoms. The standard InChI is InChI=1S/C17H21N3O3S.ClH/c1-12-11-18-9-10-20(12)24(22,23)17-8-7-16(19-13(2)21)14-5-3-4-6-15(14)17;/h3-8,12,18H,9-11H2,1-2H3,(H,19,21);1H. The molecule has 0 saturated carbocycles. The minimum Gasteiger partial charge on any atom is -0.326 e. The van der Waals surface area contributed by atoms with Crippen molar-refractivity contribution in [2.45, 2.75) is 24.8 Å². The fraction of sp³-hybridized carbons (Fsp3) is 0.353. The Balaban J connectivity index is 0.00000225. The number of amides is 1. The molecular formula is C17H22ClN3O3S. The SMILES string of the molecule is CC(=O)Nc1ccc(S(=O)(=O)N2CCNCC2C)c2ccccc12.Cl. The summed E-state index contributed by atoms with van der Waals surface area (Å²) in [5.74, 6) is -0.188. The Kier molecular flexibility index (Phi) is 6.05. The highest BCUT2D eigenvalue weighted by Gasteiger charge is 2.32. The van der Waals surface area contributed by atoms with Gasteiger partial charge in [0, 0.05) is 49.1 Å². The Hall–Kier alpha value is -1.67. The van der Waals surface area contributed by atoms with Crippen LogP contribution in [-0.4, -0.2) is 44.3 Å². The lowest BCUT2D eigenvalue weighted by Gasteiger charge is -2.33. The number of piperazine rings is 1. The Morgan fingerprint density at radius 2 is 1.88 bits per heavy atom. The van der Waals surface area contributed by atoms with E-state index in [1.165, 1.54) is 6.92 Å². The van der Waals surface area contributed by atoms with E-state index >= 15 is 0 Å². The van der Waals surface area contributed by atoms with Crippen LogP contribution in [-0.2, 0) is 14.8 Å². The van der Waals surface area contributed by atoms with E-state index in [0.29, 0.717) is 30.7 Å². The third-order valence-electron chi connectivity index (χ3n) is 4.22. The van der Waals surface area contributed by atoms with E-state index in [4.69, 9.17) is 0 Å². The molecule has 2 aromatic carbocycles. The van der Waals surface area contributed by atoms with Crippen molar-refractivity contribution in [2.24, 2.45) is 0 Å². The zero-order valence-electron chi connectivity index (χ0n) is 14.2. The van der Waals surface area contributed by atoms with Gasteiger partial charge in [-0.05, 0) is 19.1 Å². The summed E-state index contributed by atoms with van der Waals surface area (Å²) in [5, 5.41) is 7.30. The van der Waals surface area contributed by atoms with Gasteiger partial charge >= 0.3 is 0 Å². The predicted molar refractivity (Wildman–Crippen MR) is 102 cm³/mol. The van der Waals surface area contributed by atoms with Gasteiger partial charge in [0.2, 0.25) is 15.9 Å². The topological polar surface area (TPSA) is 78.5 Å². The van der Waals surface area contributed by atoms with Crippen molar-refractivity contribution in [1.82, 2.24) is 9.62 Å². The number of halogens is 1. The summed E-state index contributed by atoms with van der Waals surface area (Å²) in [6.45, 7) is 5.07. The van der Waals surface area contributed by atoms with Gasteiger partial charge in [0.25, 0.3) is 0 Å². The molecule has 3 rings (SSSR count). The molecule has 2 N–H and O–H groups in total. The highest BCUT2D eigenvalue weighted by atomic mass is 35.5. The molecule has 6 nitrogen and oxygen atoms in total. The molecule has 1 aliphatic rings. The highest BCUT2D eigenvalue weighted by Crippen LogP contribution is 2.32. The van der Waals surface area contributed by atoms with Crippen molar-refractivity contribution in [3.8, 4) is 0 Å². The lowest BCUT2D eigenvalue weighted by Crippen LogP contribution is -2.52. The Morgan fingerprint density at radius 1 is 1.20 bits per heavy atom. The summed E-state index contributed by atoms with van der Waals surface area (Å²) in [6.07, 6.45) is 0. The van der Waals surface area contributed by atoms with Crippen molar-refractivity contribution in [2.75, 3.05) is 25.0 Å². The van der Waals surface area contributed by atoms with Gasteiger partial charge < -0.3 is 10.6 Å². The van der Waals surface area contributed by atoms with Gasteiger partial charge in [0.05, 0.1) is 4.90 Å². The normalized spacial score (nSPS) is 18.6. The minimum atomic E-state index is -3.60. The number of anilines is 1. The number of sulfonamides is 1. The maximum atomic E-state index is 13.2. The predicted octanol–water partition coefficient (Wildman–Crippen LogP) is 2.20. The molecule has 25 heavy (non-hydrogen) atoms. The molecule has 0 radical (unpaired) electrons. The van der Waals surface area contributed by atoms with Gasteiger partial charge in [-0.3, -0.25) is 4.79 Å². The third kappa shape index (κ3) is 3.79. The Morgan fingerprint density at radius 3 is 2.52 bits per heavy atom. The quantitative estimate of drug-likeness (QED) is 0.851. The Labute approximate surface area is 154 Å². The first kappa shape index (κ1) is 19.7. The zero-order valence-corrected chi connectivity index (χ0v) is 15.8. The van der Waals surface area contributed by atoms with Gasteiger partial charge in [0.15, 0.2) is 0 Å². The summed E-state index contributed by atoms with van der Waals surface area (Å²) in [7, 11) is -3.60. The van der Waals surface area contributed by atoms with Gasteiger partial charge in [-0.15, -0.1) is 12.4 Å². The first-order chi connectivity index (χ1) is 11.4. The minimum absolute atomic E-state index is 0. The van der Waals surface area contributed by atoms with Crippen LogP contribution in [0.4, 0.5) is 5.69 Å². The first-order valence-electron chi connectivity index (χ1n) is 7.93. The maximum Gasteiger partial charge on any atom is 0.244 e. The molecule has 1 amide bonds. The molecule has 0 aromatic heterocycles. The van der Waals surface area contributed by atoms with Gasteiger partial charge in [-0.1, -0.05) is 24.3 Å². The lowest BCUT2D eigenvalue weighted by molar-refractivity contribution is -0.114. The number of nitrogens with zero attached hydrogens (tertiary/aromatic N) is 1. The molecule has 1 fully saturated rings. The maximum absolute atomic E-state index is 13.2. The summed E-state index contributed by atoms with van der Waals surface area (Å²) in [6, 6.07) is 10.4. The number of benzene rings is 2. The molecule has 0 bridgehead atoms. The average molecular weight is 384 g/mol. The molecule has 1 saturated heterocycles. The largest absolute Gasteiger partial charge is 0.326 e. The summed E-state index contributed by atoms with van der Waals surface area (Å²) >= 11 is 0. The first-order valence-corrected chi connectivity index (χ1v) is 9.37. The number of carbonyl (C=O) groups is 1. The van der Waals surface area contributed by atoms with E-state index < -0.39 is 10.0 Å². The number of rotatable bonds is 3. The second-order valence-corrected chi connectivity index (χ2v) is 7.87. The molecule has 1 heterocycles. The Bertz CT molecular complexity index is 886. The van der Waals surface area contributed by atoms with Crippen LogP contribution in [0.3, 0.4) is 0 Å². The van der Waals surface area contributed by atoms with E-state index in [9.17, 15) is 13.2 Å². The zero-order chi connectivity index (χ0) is 17.3. The fourth-order valence-electron chi connectivity index (χ4n) is 3.10. The van der Waals surface area contributed by atoms with Crippen LogP contribution in [0.25, 0.3) is 10.8 Å². The van der Waals surface area contributed by atoms with Crippen molar-refractivity contribution in [3.63, 3.8) is 0 Å². The van der Waals surface area contributed by atoms with Crippen LogP contribution in [0.5, 0.6) is 0 Å². The van der Waals surface area contributed by atoms with E-state index in [1.807, 2.05) is 19.1 Å². The second kappa shape index (κ2) is 7.70. The van der Waals surface area contributed by atoms with Crippen LogP contribution >= 0.6 is 12.4 Å². The van der Waals surface area contributed by atoms with E-state index in [1.54, 1.807) is 28.6 Å². The van der Waals surface area contributed by atoms with Crippen molar-refractivity contribution < 1.29 is 13.2 Å². The molecule has 1 atom stereocenters. The average Bonchev–Trinajstić information content (AvgIpc) is 2.54. The number of hydrogen-bond acceptors (Lipinski definition) is 4. The van der Waals surface area contributed by atoms with Crippen molar-refractivity contribution in [3.05, 3.63) is 36.4 Å². The number of carbonyl (C=O) groups excluding carboxylic acids is 1. The van der Waals surface area contributed by atoms with Crippen LogP contribution < -0.4 is 10.6 Å². The lowest BCUT2D eigenvalue weighted by atomic mass is 10.1. The number of nitrogens with one attached hydrogen (secondary N) is 2. The summed E-state index contributed by atoms with van der Waals surface area (Å²) < 4.78 is 27.9. The van der Waals surface area contributed by atoms with E-state index in [0.717, 1.165) is 5.39 Å². The third-order valence-corrected chi connectivity index (χ3v) is 6.29. The summed E-state index contributed by atoms with van der Waals surface area (Å²) in [4.78, 5) is 11.7. The van der Waals surface area contributed by atoms with Crippen LogP contribution in [0.1, 0.15) is 13.8 Å². The number of fused-ring (bicyclic) bond motifs is 1. The molecular weight excluding hydrogens is 362 g/mol. The van der Waals surface area contributed by atoms with Crippen LogP contribution in [0.15, 0.2) is 41.3 Å². The van der Waals surface area contributed by atoms with Gasteiger partial charge in [-0.25, -0.2) is 8.42 Å². The molecule has 1 unspecified atom stereocenters. The van der Waals surface area contributed by atoms with E-state index in [2.05, 4.69) is 10.6 Å². The van der Waals surface area contributed by atoms with Crippen LogP contribution in [0, 0.1) is 0 Å². The smallest absolute Gasteiger partial charge is 0.244 e. The molecule has 0 aliphatic carbocycles. The molecule has 1 aliphatic heterocycles. The molecule has 136 valence electrons. The fourth-order valence-corrected chi connectivity index (χ4v) is 4.93. The van der Waals surface area contributed by atoms with Gasteiger partial charge in [0.1, 0.15) is 0 Å². The molecule has 0 spiro atoms. The van der Waals surface area contributed by atoms with Gasteiger partial charge in [-0.2, -0.15) is 4.31 Å². The van der Waals surface area contributed by atoms with E-state index in [-0.39, 0.29) is 29.3 Å². The number of hydrogen-bond donors (Lipinski definition) is 2. The summed E-state index contributed by atoms with van der Waals surface area (Å²) in [5.41, 5.74) is 0.616.